The first-order valence-corrected chi connectivity index (χ1v) is 11.2. The van der Waals surface area contributed by atoms with Gasteiger partial charge in [0.25, 0.3) is 5.91 Å². The summed E-state index contributed by atoms with van der Waals surface area (Å²) in [4.78, 5) is 24.6. The molecule has 1 atom stereocenters. The Morgan fingerprint density at radius 3 is 2.26 bits per heavy atom. The van der Waals surface area contributed by atoms with Crippen molar-refractivity contribution in [1.29, 1.82) is 0 Å². The van der Waals surface area contributed by atoms with Gasteiger partial charge >= 0.3 is 0 Å². The fraction of sp³-hybridized carbons (Fsp3) is 0.440. The molecule has 1 fully saturated rings. The predicted molar refractivity (Wildman–Crippen MR) is 125 cm³/mol. The lowest BCUT2D eigenvalue weighted by Gasteiger charge is -2.22. The second kappa shape index (κ2) is 11.4. The van der Waals surface area contributed by atoms with Crippen LogP contribution in [0.1, 0.15) is 62.7 Å². The molecule has 6 nitrogen and oxygen atoms in total. The lowest BCUT2D eigenvalue weighted by molar-refractivity contribution is -0.114. The van der Waals surface area contributed by atoms with Crippen LogP contribution in [0.2, 0.25) is 0 Å². The molecule has 31 heavy (non-hydrogen) atoms. The Labute approximate surface area is 184 Å². The van der Waals surface area contributed by atoms with E-state index in [1.165, 1.54) is 19.3 Å². The van der Waals surface area contributed by atoms with Gasteiger partial charge in [-0.2, -0.15) is 0 Å². The first kappa shape index (κ1) is 22.7. The molecule has 2 aromatic rings. The smallest absolute Gasteiger partial charge is 0.251 e. The number of benzene rings is 2. The van der Waals surface area contributed by atoms with Crippen molar-refractivity contribution in [1.82, 2.24) is 5.32 Å². The van der Waals surface area contributed by atoms with Crippen LogP contribution in [0, 0.1) is 0 Å². The largest absolute Gasteiger partial charge is 0.491 e. The first-order valence-electron chi connectivity index (χ1n) is 11.2. The van der Waals surface area contributed by atoms with Gasteiger partial charge in [-0.05, 0) is 74.7 Å². The van der Waals surface area contributed by atoms with Gasteiger partial charge in [0, 0.05) is 23.0 Å². The number of ether oxygens (including phenoxy) is 1. The van der Waals surface area contributed by atoms with Crippen molar-refractivity contribution < 1.29 is 14.3 Å². The van der Waals surface area contributed by atoms with Crippen LogP contribution in [0.15, 0.2) is 48.5 Å². The first-order chi connectivity index (χ1) is 15.0. The maximum absolute atomic E-state index is 12.4. The Bertz CT molecular complexity index is 843. The maximum Gasteiger partial charge on any atom is 0.251 e. The summed E-state index contributed by atoms with van der Waals surface area (Å²) in [6.07, 6.45) is 6.86. The Kier molecular flexibility index (Phi) is 8.33. The molecule has 0 bridgehead atoms. The van der Waals surface area contributed by atoms with Crippen molar-refractivity contribution in [2.24, 2.45) is 0 Å². The summed E-state index contributed by atoms with van der Waals surface area (Å²) in [5.74, 6) is 0.614. The molecular formula is C25H33N3O3. The molecule has 166 valence electrons. The van der Waals surface area contributed by atoms with Crippen LogP contribution < -0.4 is 20.7 Å². The highest BCUT2D eigenvalue weighted by Crippen LogP contribution is 2.19. The summed E-state index contributed by atoms with van der Waals surface area (Å²) in [7, 11) is 0. The average molecular weight is 424 g/mol. The molecule has 3 N–H and O–H groups in total. The Hall–Kier alpha value is -3.02. The lowest BCUT2D eigenvalue weighted by atomic mass is 9.95. The minimum absolute atomic E-state index is 0.0489. The van der Waals surface area contributed by atoms with Gasteiger partial charge in [-0.1, -0.05) is 26.2 Å². The Balaban J connectivity index is 1.43. The van der Waals surface area contributed by atoms with E-state index < -0.39 is 0 Å². The van der Waals surface area contributed by atoms with E-state index in [0.717, 1.165) is 30.7 Å². The van der Waals surface area contributed by atoms with Gasteiger partial charge in [0.15, 0.2) is 0 Å². The molecule has 0 aromatic heterocycles. The van der Waals surface area contributed by atoms with E-state index in [1.54, 1.807) is 24.3 Å². The third-order valence-corrected chi connectivity index (χ3v) is 5.59. The topological polar surface area (TPSA) is 79.5 Å². The zero-order valence-corrected chi connectivity index (χ0v) is 18.4. The molecule has 0 heterocycles. The quantitative estimate of drug-likeness (QED) is 0.532. The summed E-state index contributed by atoms with van der Waals surface area (Å²) in [5.41, 5.74) is 2.13. The third-order valence-electron chi connectivity index (χ3n) is 5.59. The van der Waals surface area contributed by atoms with E-state index in [4.69, 9.17) is 4.74 Å². The molecule has 0 aliphatic heterocycles. The van der Waals surface area contributed by atoms with Gasteiger partial charge < -0.3 is 20.7 Å². The number of rotatable bonds is 9. The normalized spacial score (nSPS) is 15.0. The molecule has 6 heteroatoms. The molecule has 1 saturated carbocycles. The van der Waals surface area contributed by atoms with Crippen LogP contribution in [0.25, 0.3) is 0 Å². The van der Waals surface area contributed by atoms with Crippen LogP contribution >= 0.6 is 0 Å². The average Bonchev–Trinajstić information content (AvgIpc) is 2.79. The monoisotopic (exact) mass is 423 g/mol. The van der Waals surface area contributed by atoms with Crippen LogP contribution in [-0.2, 0) is 4.79 Å². The van der Waals surface area contributed by atoms with Crippen molar-refractivity contribution in [3.8, 4) is 5.75 Å². The number of carbonyl (C=O) groups is 2. The molecular weight excluding hydrogens is 390 g/mol. The third kappa shape index (κ3) is 7.31. The van der Waals surface area contributed by atoms with E-state index in [1.807, 2.05) is 31.2 Å². The molecule has 2 amide bonds. The maximum atomic E-state index is 12.4. The van der Waals surface area contributed by atoms with E-state index in [2.05, 4.69) is 22.9 Å². The zero-order valence-electron chi connectivity index (χ0n) is 18.4. The van der Waals surface area contributed by atoms with Crippen molar-refractivity contribution >= 4 is 23.2 Å². The molecule has 3 rings (SSSR count). The van der Waals surface area contributed by atoms with Crippen molar-refractivity contribution in [2.75, 3.05) is 17.2 Å². The lowest BCUT2D eigenvalue weighted by Crippen LogP contribution is -2.36. The molecule has 2 aromatic carbocycles. The highest BCUT2D eigenvalue weighted by Gasteiger charge is 2.16. The molecule has 1 aliphatic rings. The summed E-state index contributed by atoms with van der Waals surface area (Å²) in [5, 5.41) is 9.06. The van der Waals surface area contributed by atoms with Crippen molar-refractivity contribution in [3.05, 3.63) is 54.1 Å². The molecule has 0 saturated heterocycles. The minimum Gasteiger partial charge on any atom is -0.491 e. The number of hydrogen-bond acceptors (Lipinski definition) is 4. The van der Waals surface area contributed by atoms with Gasteiger partial charge in [0.1, 0.15) is 5.75 Å². The Morgan fingerprint density at radius 1 is 0.968 bits per heavy atom. The van der Waals surface area contributed by atoms with Crippen LogP contribution in [0.4, 0.5) is 11.4 Å². The van der Waals surface area contributed by atoms with Gasteiger partial charge in [0.05, 0.1) is 12.6 Å². The second-order valence-corrected chi connectivity index (χ2v) is 8.15. The number of nitrogens with one attached hydrogen (secondary N) is 3. The number of carbonyl (C=O) groups excluding carboxylic acids is 2. The zero-order chi connectivity index (χ0) is 22.1. The van der Waals surface area contributed by atoms with E-state index >= 15 is 0 Å². The number of hydrogen-bond donors (Lipinski definition) is 3. The molecule has 1 unspecified atom stereocenters. The second-order valence-electron chi connectivity index (χ2n) is 8.15. The summed E-state index contributed by atoms with van der Waals surface area (Å²) in [6.45, 7) is 4.26. The molecule has 1 aliphatic carbocycles. The van der Waals surface area contributed by atoms with E-state index in [9.17, 15) is 9.59 Å². The van der Waals surface area contributed by atoms with Crippen molar-refractivity contribution in [2.45, 2.75) is 64.5 Å². The highest BCUT2D eigenvalue weighted by molar-refractivity contribution is 5.96. The van der Waals surface area contributed by atoms with Gasteiger partial charge in [-0.3, -0.25) is 9.59 Å². The molecule has 0 radical (unpaired) electrons. The highest BCUT2D eigenvalue weighted by atomic mass is 16.5. The summed E-state index contributed by atoms with van der Waals surface area (Å²) in [6, 6.07) is 14.9. The van der Waals surface area contributed by atoms with Crippen molar-refractivity contribution in [3.63, 3.8) is 0 Å². The Morgan fingerprint density at radius 2 is 1.61 bits per heavy atom. The van der Waals surface area contributed by atoms with E-state index in [-0.39, 0.29) is 30.5 Å². The van der Waals surface area contributed by atoms with Gasteiger partial charge in [0.2, 0.25) is 5.91 Å². The minimum atomic E-state index is -0.153. The van der Waals surface area contributed by atoms with E-state index in [0.29, 0.717) is 11.3 Å². The van der Waals surface area contributed by atoms with Gasteiger partial charge in [-0.15, -0.1) is 0 Å². The van der Waals surface area contributed by atoms with Crippen LogP contribution in [0.3, 0.4) is 0 Å². The SMILES string of the molecule is CCC(C)Oc1ccc(NCC(=O)Nc2ccc(C(=O)NC3CCCCC3)cc2)cc1. The van der Waals surface area contributed by atoms with Crippen LogP contribution in [-0.4, -0.2) is 30.5 Å². The van der Waals surface area contributed by atoms with Gasteiger partial charge in [-0.25, -0.2) is 0 Å². The fourth-order valence-electron chi connectivity index (χ4n) is 3.58. The summed E-state index contributed by atoms with van der Waals surface area (Å²) < 4.78 is 5.76. The standard InChI is InChI=1S/C25H33N3O3/c1-3-18(2)31-23-15-13-20(14-16-23)26-17-24(29)27-22-11-9-19(10-12-22)25(30)28-21-7-5-4-6-8-21/h9-16,18,21,26H,3-8,17H2,1-2H3,(H,27,29)(H,28,30). The molecule has 0 spiro atoms. The predicted octanol–water partition coefficient (Wildman–Crippen LogP) is 4.98. The van der Waals surface area contributed by atoms with Crippen LogP contribution in [0.5, 0.6) is 5.75 Å². The number of anilines is 2. The fourth-order valence-corrected chi connectivity index (χ4v) is 3.58. The number of amides is 2. The summed E-state index contributed by atoms with van der Waals surface area (Å²) >= 11 is 0.